The number of carbonyl (C=O) groups is 1. The fourth-order valence-corrected chi connectivity index (χ4v) is 3.01. The first-order valence-electron chi connectivity index (χ1n) is 9.31. The van der Waals surface area contributed by atoms with Crippen LogP contribution in [0.25, 0.3) is 0 Å². The van der Waals surface area contributed by atoms with E-state index in [-0.39, 0.29) is 5.91 Å². The number of nitrogens with zero attached hydrogens (tertiary/aromatic N) is 1. The molecule has 3 rings (SSSR count). The maximum Gasteiger partial charge on any atom is 0.271 e. The van der Waals surface area contributed by atoms with Crippen molar-refractivity contribution in [1.29, 1.82) is 0 Å². The molecule has 1 aliphatic carbocycles. The van der Waals surface area contributed by atoms with Gasteiger partial charge in [0.25, 0.3) is 5.91 Å². The van der Waals surface area contributed by atoms with E-state index < -0.39 is 0 Å². The Morgan fingerprint density at radius 3 is 2.65 bits per heavy atom. The van der Waals surface area contributed by atoms with E-state index >= 15 is 0 Å². The third-order valence-electron chi connectivity index (χ3n) is 4.56. The second-order valence-electron chi connectivity index (χ2n) is 7.07. The van der Waals surface area contributed by atoms with E-state index in [4.69, 9.17) is 4.74 Å². The smallest absolute Gasteiger partial charge is 0.271 e. The molecule has 1 amide bonds. The zero-order valence-electron chi connectivity index (χ0n) is 15.5. The van der Waals surface area contributed by atoms with E-state index in [2.05, 4.69) is 36.5 Å². The largest absolute Gasteiger partial charge is 0.494 e. The molecule has 136 valence electrons. The Hall–Kier alpha value is -2.62. The number of nitrogens with one attached hydrogen (secondary N) is 1. The zero-order chi connectivity index (χ0) is 18.4. The highest BCUT2D eigenvalue weighted by molar-refractivity contribution is 6.04. The summed E-state index contributed by atoms with van der Waals surface area (Å²) < 4.78 is 5.69. The molecule has 0 aliphatic heterocycles. The second-order valence-corrected chi connectivity index (χ2v) is 7.07. The van der Waals surface area contributed by atoms with Gasteiger partial charge < -0.3 is 4.74 Å². The number of benzene rings is 2. The third-order valence-corrected chi connectivity index (χ3v) is 4.56. The number of hydrogen-bond acceptors (Lipinski definition) is 3. The van der Waals surface area contributed by atoms with E-state index in [1.165, 1.54) is 5.56 Å². The fraction of sp³-hybridized carbons (Fsp3) is 0.364. The lowest BCUT2D eigenvalue weighted by Crippen LogP contribution is -2.22. The summed E-state index contributed by atoms with van der Waals surface area (Å²) in [5, 5.41) is 4.38. The summed E-state index contributed by atoms with van der Waals surface area (Å²) in [6, 6.07) is 15.5. The second kappa shape index (κ2) is 8.65. The van der Waals surface area contributed by atoms with Crippen LogP contribution in [0.15, 0.2) is 53.6 Å². The number of aryl methyl sites for hydroxylation is 1. The van der Waals surface area contributed by atoms with Crippen molar-refractivity contribution in [2.24, 2.45) is 11.0 Å². The van der Waals surface area contributed by atoms with E-state index in [1.54, 1.807) is 12.1 Å². The van der Waals surface area contributed by atoms with Crippen LogP contribution < -0.4 is 10.2 Å². The maximum absolute atomic E-state index is 12.4. The van der Waals surface area contributed by atoms with E-state index in [0.717, 1.165) is 42.7 Å². The lowest BCUT2D eigenvalue weighted by atomic mass is 9.90. The molecule has 0 fully saturated rings. The molecule has 0 bridgehead atoms. The average Bonchev–Trinajstić information content (AvgIpc) is 2.66. The molecule has 0 saturated heterocycles. The molecule has 4 nitrogen and oxygen atoms in total. The van der Waals surface area contributed by atoms with Gasteiger partial charge in [-0.15, -0.1) is 0 Å². The number of fused-ring (bicyclic) bond motifs is 1. The number of hydrogen-bond donors (Lipinski definition) is 1. The first kappa shape index (κ1) is 18.2. The van der Waals surface area contributed by atoms with Crippen molar-refractivity contribution in [2.75, 3.05) is 6.61 Å². The molecule has 4 heteroatoms. The number of carbonyl (C=O) groups excluding carboxylic acids is 1. The summed E-state index contributed by atoms with van der Waals surface area (Å²) in [6.07, 6.45) is 4.04. The van der Waals surface area contributed by atoms with E-state index in [9.17, 15) is 4.79 Å². The van der Waals surface area contributed by atoms with Crippen LogP contribution in [0, 0.1) is 5.92 Å². The van der Waals surface area contributed by atoms with Gasteiger partial charge in [-0.1, -0.05) is 38.1 Å². The highest BCUT2D eigenvalue weighted by atomic mass is 16.5. The van der Waals surface area contributed by atoms with Gasteiger partial charge in [-0.25, -0.2) is 5.43 Å². The monoisotopic (exact) mass is 350 g/mol. The normalized spacial score (nSPS) is 15.0. The molecule has 2 aromatic rings. The number of hydrazone groups is 1. The summed E-state index contributed by atoms with van der Waals surface area (Å²) in [5.74, 6) is 1.20. The van der Waals surface area contributed by atoms with Crippen LogP contribution in [0.1, 0.15) is 54.6 Å². The molecule has 2 aromatic carbocycles. The predicted octanol–water partition coefficient (Wildman–Crippen LogP) is 4.58. The van der Waals surface area contributed by atoms with Crippen LogP contribution in [0.3, 0.4) is 0 Å². The van der Waals surface area contributed by atoms with Gasteiger partial charge in [-0.05, 0) is 61.4 Å². The average molecular weight is 350 g/mol. The van der Waals surface area contributed by atoms with E-state index in [1.807, 2.05) is 24.3 Å². The molecule has 1 N–H and O–H groups in total. The Morgan fingerprint density at radius 1 is 1.12 bits per heavy atom. The van der Waals surface area contributed by atoms with Crippen LogP contribution in [0.4, 0.5) is 0 Å². The molecule has 0 unspecified atom stereocenters. The van der Waals surface area contributed by atoms with Gasteiger partial charge in [0, 0.05) is 11.1 Å². The van der Waals surface area contributed by atoms with Gasteiger partial charge in [0.15, 0.2) is 0 Å². The van der Waals surface area contributed by atoms with Crippen molar-refractivity contribution in [3.8, 4) is 5.75 Å². The number of ether oxygens (including phenoxy) is 1. The van der Waals surface area contributed by atoms with Crippen molar-refractivity contribution in [3.63, 3.8) is 0 Å². The van der Waals surface area contributed by atoms with Crippen LogP contribution in [0.2, 0.25) is 0 Å². The minimum absolute atomic E-state index is 0.200. The Bertz CT molecular complexity index is 779. The highest BCUT2D eigenvalue weighted by Crippen LogP contribution is 2.21. The lowest BCUT2D eigenvalue weighted by Gasteiger charge is -2.17. The van der Waals surface area contributed by atoms with Crippen LogP contribution in [-0.2, 0) is 6.42 Å². The van der Waals surface area contributed by atoms with Crippen molar-refractivity contribution in [3.05, 3.63) is 65.2 Å². The summed E-state index contributed by atoms with van der Waals surface area (Å²) in [4.78, 5) is 12.4. The van der Waals surface area contributed by atoms with Gasteiger partial charge in [-0.2, -0.15) is 5.10 Å². The van der Waals surface area contributed by atoms with Crippen LogP contribution in [0.5, 0.6) is 5.75 Å². The Labute approximate surface area is 155 Å². The molecule has 0 spiro atoms. The van der Waals surface area contributed by atoms with Crippen LogP contribution >= 0.6 is 0 Å². The molecule has 0 aromatic heterocycles. The Balaban J connectivity index is 1.60. The van der Waals surface area contributed by atoms with Crippen molar-refractivity contribution < 1.29 is 9.53 Å². The van der Waals surface area contributed by atoms with Crippen molar-refractivity contribution in [1.82, 2.24) is 5.43 Å². The van der Waals surface area contributed by atoms with Crippen LogP contribution in [-0.4, -0.2) is 18.2 Å². The quantitative estimate of drug-likeness (QED) is 0.775. The summed E-state index contributed by atoms with van der Waals surface area (Å²) in [7, 11) is 0. The fourth-order valence-electron chi connectivity index (χ4n) is 3.01. The topological polar surface area (TPSA) is 50.7 Å². The summed E-state index contributed by atoms with van der Waals surface area (Å²) in [6.45, 7) is 5.03. The molecule has 0 radical (unpaired) electrons. The molecule has 0 atom stereocenters. The SMILES string of the molecule is CC(C)CCOc1ccc(C(=O)NN=C2CCCc3ccccc32)cc1. The molecule has 1 aliphatic rings. The molecular weight excluding hydrogens is 324 g/mol. The minimum Gasteiger partial charge on any atom is -0.494 e. The molecular formula is C22H26N2O2. The Kier molecular flexibility index (Phi) is 6.05. The van der Waals surface area contributed by atoms with Gasteiger partial charge in [0.05, 0.1) is 12.3 Å². The van der Waals surface area contributed by atoms with Gasteiger partial charge in [-0.3, -0.25) is 4.79 Å². The minimum atomic E-state index is -0.200. The Morgan fingerprint density at radius 2 is 1.88 bits per heavy atom. The first-order chi connectivity index (χ1) is 12.6. The standard InChI is InChI=1S/C22H26N2O2/c1-16(2)14-15-26-19-12-10-18(11-13-19)22(25)24-23-21-9-5-7-17-6-3-4-8-20(17)21/h3-4,6,8,10-13,16H,5,7,9,14-15H2,1-2H3,(H,24,25). The summed E-state index contributed by atoms with van der Waals surface area (Å²) >= 11 is 0. The van der Waals surface area contributed by atoms with Crippen molar-refractivity contribution >= 4 is 11.6 Å². The molecule has 0 saturated carbocycles. The number of rotatable bonds is 6. The third kappa shape index (κ3) is 4.72. The number of amides is 1. The molecule has 0 heterocycles. The first-order valence-corrected chi connectivity index (χ1v) is 9.31. The van der Waals surface area contributed by atoms with E-state index in [0.29, 0.717) is 18.1 Å². The van der Waals surface area contributed by atoms with Gasteiger partial charge >= 0.3 is 0 Å². The van der Waals surface area contributed by atoms with Gasteiger partial charge in [0.1, 0.15) is 5.75 Å². The zero-order valence-corrected chi connectivity index (χ0v) is 15.5. The summed E-state index contributed by atoms with van der Waals surface area (Å²) in [5.41, 5.74) is 6.67. The molecule has 26 heavy (non-hydrogen) atoms. The predicted molar refractivity (Wildman–Crippen MR) is 105 cm³/mol. The van der Waals surface area contributed by atoms with Gasteiger partial charge in [0.2, 0.25) is 0 Å². The lowest BCUT2D eigenvalue weighted by molar-refractivity contribution is 0.0954. The highest BCUT2D eigenvalue weighted by Gasteiger charge is 2.15. The van der Waals surface area contributed by atoms with Crippen molar-refractivity contribution in [2.45, 2.75) is 39.5 Å². The maximum atomic E-state index is 12.4.